The third-order valence-electron chi connectivity index (χ3n) is 15.4. The molecule has 4 aromatic carbocycles. The van der Waals surface area contributed by atoms with Gasteiger partial charge in [-0.15, -0.1) is 0 Å². The fourth-order valence-corrected chi connectivity index (χ4v) is 10.5. The standard InChI is InChI=1S/C29H34F5N5O.C28H33F5N4/c1-7-16-10-9-11-17(8-2)23(16)39-24(18-12-21(31)22(13-20(18)30)36-26(35)40)19-14-38(28(5,6)25(19)37-39)15-27(3,4)29(32,33)34;1-7-16-10-9-11-17(8-2)23(16)37-24(18-12-21(30)22(34)13-20(18)29)19-14-36(27(5,6)25(19)35-37)15-26(3,4)28(31,32)33/h9-13H,7-8,14-15H2,1-6H3,(H3,35,36,40);9-13H,7-8,14-15,34H2,1-6H3. The van der Waals surface area contributed by atoms with E-state index in [2.05, 4.69) is 5.32 Å². The molecule has 20 heteroatoms. The zero-order valence-corrected chi connectivity index (χ0v) is 45.5. The number of amides is 2. The highest BCUT2D eigenvalue weighted by atomic mass is 19.4. The Bertz CT molecular complexity index is 3180. The van der Waals surface area contributed by atoms with Crippen molar-refractivity contribution in [2.24, 2.45) is 16.6 Å². The van der Waals surface area contributed by atoms with Gasteiger partial charge >= 0.3 is 18.4 Å². The van der Waals surface area contributed by atoms with Crippen LogP contribution in [0.4, 0.5) is 60.1 Å². The molecule has 416 valence electrons. The molecule has 2 aliphatic rings. The normalized spacial score (nSPS) is 15.6. The SMILES string of the molecule is CCc1cccc(CC)c1-n1nc2c(c1-c1cc(F)c(N)cc1F)CN(CC(C)(C)C(F)(F)F)C2(C)C.CCc1cccc(CC)c1-n1nc2c(c1-c1cc(F)c(NC(N)=O)cc1F)CN(CC(C)(C)C(F)(F)F)C2(C)C. The van der Waals surface area contributed by atoms with Crippen LogP contribution in [-0.2, 0) is 49.9 Å². The van der Waals surface area contributed by atoms with Gasteiger partial charge in [0.25, 0.3) is 0 Å². The van der Waals surface area contributed by atoms with Gasteiger partial charge in [-0.25, -0.2) is 31.7 Å². The van der Waals surface area contributed by atoms with Crippen LogP contribution in [0.3, 0.4) is 0 Å². The first-order chi connectivity index (χ1) is 35.7. The summed E-state index contributed by atoms with van der Waals surface area (Å²) in [5, 5.41) is 11.9. The van der Waals surface area contributed by atoms with Gasteiger partial charge in [0.05, 0.1) is 67.4 Å². The summed E-state index contributed by atoms with van der Waals surface area (Å²) in [6.07, 6.45) is -6.21. The Kier molecular flexibility index (Phi) is 15.7. The highest BCUT2D eigenvalue weighted by molar-refractivity contribution is 5.88. The third kappa shape index (κ3) is 10.6. The number of anilines is 2. The van der Waals surface area contributed by atoms with Gasteiger partial charge in [-0.3, -0.25) is 9.80 Å². The van der Waals surface area contributed by atoms with Crippen molar-refractivity contribution >= 4 is 17.4 Å². The first-order valence-electron chi connectivity index (χ1n) is 25.6. The van der Waals surface area contributed by atoms with Crippen molar-refractivity contribution in [2.75, 3.05) is 24.1 Å². The van der Waals surface area contributed by atoms with E-state index in [-0.39, 0.29) is 48.7 Å². The molecule has 2 amide bonds. The van der Waals surface area contributed by atoms with E-state index in [1.807, 2.05) is 77.9 Å². The molecular formula is C57H67F10N9O. The number of aryl methyl sites for hydroxylation is 4. The number of nitrogens with two attached hydrogens (primary N) is 2. The minimum Gasteiger partial charge on any atom is -0.396 e. The second kappa shape index (κ2) is 20.8. The van der Waals surface area contributed by atoms with Gasteiger partial charge in [-0.2, -0.15) is 36.5 Å². The van der Waals surface area contributed by atoms with E-state index in [4.69, 9.17) is 21.7 Å². The second-order valence-electron chi connectivity index (χ2n) is 22.2. The van der Waals surface area contributed by atoms with Crippen LogP contribution in [0.1, 0.15) is 128 Å². The summed E-state index contributed by atoms with van der Waals surface area (Å²) in [5.74, 6) is -3.25. The molecule has 10 nitrogen and oxygen atoms in total. The summed E-state index contributed by atoms with van der Waals surface area (Å²) in [6.45, 7) is 19.4. The van der Waals surface area contributed by atoms with Crippen LogP contribution in [0.15, 0.2) is 60.7 Å². The number of alkyl halides is 6. The van der Waals surface area contributed by atoms with Crippen LogP contribution >= 0.6 is 0 Å². The molecule has 0 aliphatic carbocycles. The molecule has 2 aromatic heterocycles. The van der Waals surface area contributed by atoms with Crippen LogP contribution in [0.2, 0.25) is 0 Å². The molecule has 2 aliphatic heterocycles. The number of nitrogens with zero attached hydrogens (tertiary/aromatic N) is 6. The van der Waals surface area contributed by atoms with Crippen molar-refractivity contribution in [1.29, 1.82) is 0 Å². The molecule has 0 saturated carbocycles. The van der Waals surface area contributed by atoms with Crippen molar-refractivity contribution in [3.05, 3.63) is 129 Å². The molecule has 0 spiro atoms. The zero-order valence-electron chi connectivity index (χ0n) is 45.5. The molecule has 0 bridgehead atoms. The smallest absolute Gasteiger partial charge is 0.395 e. The summed E-state index contributed by atoms with van der Waals surface area (Å²) in [5.41, 5.74) is 12.1. The first-order valence-corrected chi connectivity index (χ1v) is 25.6. The number of fused-ring (bicyclic) bond motifs is 2. The molecule has 77 heavy (non-hydrogen) atoms. The van der Waals surface area contributed by atoms with Crippen LogP contribution < -0.4 is 16.8 Å². The predicted octanol–water partition coefficient (Wildman–Crippen LogP) is 14.2. The lowest BCUT2D eigenvalue weighted by molar-refractivity contribution is -0.220. The van der Waals surface area contributed by atoms with E-state index < -0.39 is 69.2 Å². The minimum atomic E-state index is -4.44. The van der Waals surface area contributed by atoms with Crippen LogP contribution in [0.25, 0.3) is 33.9 Å². The van der Waals surface area contributed by atoms with Crippen molar-refractivity contribution in [1.82, 2.24) is 29.4 Å². The highest BCUT2D eigenvalue weighted by Gasteiger charge is 2.54. The Morgan fingerprint density at radius 1 is 0.584 bits per heavy atom. The molecule has 6 aromatic rings. The number of halogens is 10. The van der Waals surface area contributed by atoms with Gasteiger partial charge in [0.15, 0.2) is 0 Å². The van der Waals surface area contributed by atoms with E-state index in [9.17, 15) is 35.5 Å². The summed E-state index contributed by atoms with van der Waals surface area (Å²) in [4.78, 5) is 14.7. The van der Waals surface area contributed by atoms with Crippen LogP contribution in [0.5, 0.6) is 0 Å². The quantitative estimate of drug-likeness (QED) is 0.0782. The van der Waals surface area contributed by atoms with Crippen molar-refractivity contribution in [2.45, 2.75) is 145 Å². The Labute approximate surface area is 442 Å². The number of primary amides is 1. The van der Waals surface area contributed by atoms with Gasteiger partial charge < -0.3 is 16.8 Å². The Morgan fingerprint density at radius 2 is 0.935 bits per heavy atom. The number of carbonyl (C=O) groups is 1. The number of hydrogen-bond donors (Lipinski definition) is 3. The summed E-state index contributed by atoms with van der Waals surface area (Å²) in [6, 6.07) is 14.4. The molecular weight excluding hydrogens is 1020 g/mol. The number of nitrogens with one attached hydrogen (secondary N) is 1. The number of rotatable bonds is 13. The lowest BCUT2D eigenvalue weighted by Crippen LogP contribution is -2.47. The van der Waals surface area contributed by atoms with Gasteiger partial charge in [0, 0.05) is 60.6 Å². The fourth-order valence-electron chi connectivity index (χ4n) is 10.5. The van der Waals surface area contributed by atoms with E-state index in [0.717, 1.165) is 71.7 Å². The number of benzene rings is 4. The summed E-state index contributed by atoms with van der Waals surface area (Å²) >= 11 is 0. The molecule has 0 unspecified atom stereocenters. The third-order valence-corrected chi connectivity index (χ3v) is 15.4. The van der Waals surface area contributed by atoms with Gasteiger partial charge in [0.2, 0.25) is 0 Å². The van der Waals surface area contributed by atoms with Gasteiger partial charge in [-0.05, 0) is 115 Å². The van der Waals surface area contributed by atoms with Crippen molar-refractivity contribution in [3.8, 4) is 33.9 Å². The van der Waals surface area contributed by atoms with E-state index >= 15 is 13.2 Å². The Morgan fingerprint density at radius 3 is 1.27 bits per heavy atom. The molecule has 5 N–H and O–H groups in total. The van der Waals surface area contributed by atoms with Crippen molar-refractivity contribution < 1.29 is 48.7 Å². The summed E-state index contributed by atoms with van der Waals surface area (Å²) < 4.78 is 147. The number of nitrogen functional groups attached to an aromatic ring is 1. The average Bonchev–Trinajstić information content (AvgIpc) is 4.04. The van der Waals surface area contributed by atoms with Gasteiger partial charge in [0.1, 0.15) is 23.3 Å². The number of carbonyl (C=O) groups excluding carboxylic acids is 1. The largest absolute Gasteiger partial charge is 0.396 e. The lowest BCUT2D eigenvalue weighted by Gasteiger charge is -2.39. The molecule has 8 rings (SSSR count). The second-order valence-corrected chi connectivity index (χ2v) is 22.2. The monoisotopic (exact) mass is 1080 g/mol. The number of para-hydroxylation sites is 2. The topological polar surface area (TPSA) is 123 Å². The van der Waals surface area contributed by atoms with E-state index in [1.54, 1.807) is 33.0 Å². The maximum absolute atomic E-state index is 15.7. The van der Waals surface area contributed by atoms with Crippen LogP contribution in [0, 0.1) is 34.1 Å². The van der Waals surface area contributed by atoms with E-state index in [1.165, 1.54) is 13.8 Å². The predicted molar refractivity (Wildman–Crippen MR) is 280 cm³/mol. The lowest BCUT2D eigenvalue weighted by atomic mass is 9.90. The number of aromatic nitrogens is 4. The fraction of sp³-hybridized carbons (Fsp3) is 0.456. The number of urea groups is 1. The molecule has 0 saturated heterocycles. The molecule has 4 heterocycles. The zero-order chi connectivity index (χ0) is 57.3. The molecule has 0 fully saturated rings. The maximum atomic E-state index is 15.7. The van der Waals surface area contributed by atoms with Gasteiger partial charge in [-0.1, -0.05) is 64.1 Å². The number of hydrogen-bond acceptors (Lipinski definition) is 6. The van der Waals surface area contributed by atoms with E-state index in [0.29, 0.717) is 53.9 Å². The average molecular weight is 1080 g/mol. The highest BCUT2D eigenvalue weighted by Crippen LogP contribution is 2.51. The Hall–Kier alpha value is -6.41. The minimum absolute atomic E-state index is 0.0267. The maximum Gasteiger partial charge on any atom is 0.395 e. The van der Waals surface area contributed by atoms with Crippen LogP contribution in [-0.4, -0.2) is 60.8 Å². The molecule has 0 atom stereocenters. The van der Waals surface area contributed by atoms with Crippen molar-refractivity contribution in [3.63, 3.8) is 0 Å². The summed E-state index contributed by atoms with van der Waals surface area (Å²) in [7, 11) is 0. The Balaban J connectivity index is 0.000000224. The first kappa shape index (κ1) is 58.3. The molecule has 0 radical (unpaired) electrons.